The van der Waals surface area contributed by atoms with E-state index in [1.54, 1.807) is 12.1 Å². The molecule has 0 radical (unpaired) electrons. The molecular weight excluding hydrogens is 300 g/mol. The molecule has 2 rings (SSSR count). The zero-order valence-electron chi connectivity index (χ0n) is 13.7. The standard InChI is InChI=1S/C20H18N2O2/c1-20(2)8-7-15(18(10-20)17(11-21)12-22)5-3-14-4-6-19(24)16(9-14)13-23/h3-7,9,13,24H,8,10H2,1-2H3. The van der Waals surface area contributed by atoms with Gasteiger partial charge in [0.05, 0.1) is 5.56 Å². The Morgan fingerprint density at radius 1 is 1.25 bits per heavy atom. The SMILES string of the molecule is CC1(C)CC=C(C=Cc2ccc(O)c(C=O)c2)C(=C(C#N)C#N)C1. The predicted molar refractivity (Wildman–Crippen MR) is 91.9 cm³/mol. The van der Waals surface area contributed by atoms with Crippen LogP contribution in [0, 0.1) is 28.1 Å². The van der Waals surface area contributed by atoms with Gasteiger partial charge in [0.1, 0.15) is 23.5 Å². The second-order valence-electron chi connectivity index (χ2n) is 6.55. The van der Waals surface area contributed by atoms with E-state index in [2.05, 4.69) is 13.8 Å². The molecule has 0 fully saturated rings. The summed E-state index contributed by atoms with van der Waals surface area (Å²) in [5, 5.41) is 27.9. The number of phenols is 1. The number of hydrogen-bond acceptors (Lipinski definition) is 4. The van der Waals surface area contributed by atoms with Crippen molar-refractivity contribution in [2.75, 3.05) is 0 Å². The Morgan fingerprint density at radius 3 is 2.58 bits per heavy atom. The van der Waals surface area contributed by atoms with Gasteiger partial charge in [-0.2, -0.15) is 10.5 Å². The first kappa shape index (κ1) is 17.2. The molecule has 0 unspecified atom stereocenters. The molecule has 0 aliphatic heterocycles. The highest BCUT2D eigenvalue weighted by atomic mass is 16.3. The number of carbonyl (C=O) groups excluding carboxylic acids is 1. The summed E-state index contributed by atoms with van der Waals surface area (Å²) >= 11 is 0. The number of aromatic hydroxyl groups is 1. The van der Waals surface area contributed by atoms with Crippen LogP contribution in [0.2, 0.25) is 0 Å². The fourth-order valence-electron chi connectivity index (χ4n) is 2.68. The molecule has 1 aromatic carbocycles. The van der Waals surface area contributed by atoms with Crippen molar-refractivity contribution in [1.29, 1.82) is 10.5 Å². The van der Waals surface area contributed by atoms with Crippen LogP contribution in [0.1, 0.15) is 42.6 Å². The minimum Gasteiger partial charge on any atom is -0.507 e. The largest absolute Gasteiger partial charge is 0.507 e. The molecule has 4 heteroatoms. The van der Waals surface area contributed by atoms with E-state index in [-0.39, 0.29) is 22.3 Å². The van der Waals surface area contributed by atoms with Gasteiger partial charge in [-0.25, -0.2) is 0 Å². The molecule has 0 saturated carbocycles. The first-order valence-electron chi connectivity index (χ1n) is 7.60. The maximum atomic E-state index is 10.9. The first-order valence-corrected chi connectivity index (χ1v) is 7.60. The molecule has 24 heavy (non-hydrogen) atoms. The first-order chi connectivity index (χ1) is 11.4. The molecule has 1 aromatic rings. The average Bonchev–Trinajstić information content (AvgIpc) is 2.56. The van der Waals surface area contributed by atoms with E-state index >= 15 is 0 Å². The second-order valence-corrected chi connectivity index (χ2v) is 6.55. The Morgan fingerprint density at radius 2 is 1.96 bits per heavy atom. The molecule has 1 aliphatic rings. The van der Waals surface area contributed by atoms with E-state index in [0.29, 0.717) is 12.7 Å². The van der Waals surface area contributed by atoms with Gasteiger partial charge in [0.25, 0.3) is 0 Å². The Kier molecular flexibility index (Phi) is 5.02. The number of nitrogens with zero attached hydrogens (tertiary/aromatic N) is 2. The van der Waals surface area contributed by atoms with Crippen molar-refractivity contribution in [3.63, 3.8) is 0 Å². The van der Waals surface area contributed by atoms with Gasteiger partial charge in [0.2, 0.25) is 0 Å². The maximum absolute atomic E-state index is 10.9. The highest BCUT2D eigenvalue weighted by molar-refractivity contribution is 5.80. The van der Waals surface area contributed by atoms with Crippen LogP contribution >= 0.6 is 0 Å². The molecule has 0 atom stereocenters. The number of benzene rings is 1. The van der Waals surface area contributed by atoms with Gasteiger partial charge in [0.15, 0.2) is 6.29 Å². The maximum Gasteiger partial charge on any atom is 0.153 e. The third-order valence-corrected chi connectivity index (χ3v) is 4.04. The van der Waals surface area contributed by atoms with E-state index in [9.17, 15) is 20.4 Å². The van der Waals surface area contributed by atoms with Crippen LogP contribution < -0.4 is 0 Å². The molecule has 0 amide bonds. The van der Waals surface area contributed by atoms with Gasteiger partial charge >= 0.3 is 0 Å². The number of hydrogen-bond donors (Lipinski definition) is 1. The normalized spacial score (nSPS) is 16.2. The summed E-state index contributed by atoms with van der Waals surface area (Å²) in [7, 11) is 0. The van der Waals surface area contributed by atoms with Crippen LogP contribution in [-0.4, -0.2) is 11.4 Å². The van der Waals surface area contributed by atoms with E-state index in [4.69, 9.17) is 0 Å². The van der Waals surface area contributed by atoms with E-state index < -0.39 is 0 Å². The lowest BCUT2D eigenvalue weighted by molar-refractivity contribution is 0.112. The van der Waals surface area contributed by atoms with Gasteiger partial charge < -0.3 is 5.11 Å². The summed E-state index contributed by atoms with van der Waals surface area (Å²) in [6.07, 6.45) is 7.81. The topological polar surface area (TPSA) is 84.9 Å². The van der Waals surface area contributed by atoms with Crippen LogP contribution in [-0.2, 0) is 0 Å². The lowest BCUT2D eigenvalue weighted by atomic mass is 9.74. The minimum absolute atomic E-state index is 0.00878. The molecule has 120 valence electrons. The summed E-state index contributed by atoms with van der Waals surface area (Å²) in [6.45, 7) is 4.21. The van der Waals surface area contributed by atoms with Gasteiger partial charge in [-0.3, -0.25) is 4.79 Å². The van der Waals surface area contributed by atoms with Crippen molar-refractivity contribution >= 4 is 12.4 Å². The monoisotopic (exact) mass is 318 g/mol. The zero-order chi connectivity index (χ0) is 17.7. The molecule has 0 bridgehead atoms. The minimum atomic E-state index is -0.0578. The number of allylic oxidation sites excluding steroid dienone is 5. The lowest BCUT2D eigenvalue weighted by Crippen LogP contribution is -2.17. The summed E-state index contributed by atoms with van der Waals surface area (Å²) in [5.74, 6) is -0.0578. The quantitative estimate of drug-likeness (QED) is 0.665. The van der Waals surface area contributed by atoms with Crippen molar-refractivity contribution in [1.82, 2.24) is 0 Å². The highest BCUT2D eigenvalue weighted by Crippen LogP contribution is 2.39. The Labute approximate surface area is 141 Å². The lowest BCUT2D eigenvalue weighted by Gasteiger charge is -2.30. The number of aldehydes is 1. The summed E-state index contributed by atoms with van der Waals surface area (Å²) in [6, 6.07) is 8.71. The highest BCUT2D eigenvalue weighted by Gasteiger charge is 2.26. The van der Waals surface area contributed by atoms with Crippen molar-refractivity contribution < 1.29 is 9.90 Å². The summed E-state index contributed by atoms with van der Waals surface area (Å²) in [5.41, 5.74) is 2.74. The van der Waals surface area contributed by atoms with Crippen molar-refractivity contribution in [2.45, 2.75) is 26.7 Å². The number of carbonyl (C=O) groups is 1. The number of rotatable bonds is 3. The molecule has 1 aliphatic carbocycles. The third kappa shape index (κ3) is 3.80. The van der Waals surface area contributed by atoms with Crippen LogP contribution in [0.4, 0.5) is 0 Å². The molecule has 0 spiro atoms. The van der Waals surface area contributed by atoms with Gasteiger partial charge in [-0.05, 0) is 47.1 Å². The van der Waals surface area contributed by atoms with Gasteiger partial charge in [-0.1, -0.05) is 38.1 Å². The fraction of sp³-hybridized carbons (Fsp3) is 0.250. The third-order valence-electron chi connectivity index (χ3n) is 4.04. The zero-order valence-corrected chi connectivity index (χ0v) is 13.7. The molecular formula is C20H18N2O2. The number of nitriles is 2. The van der Waals surface area contributed by atoms with Crippen LogP contribution in [0.25, 0.3) is 6.08 Å². The predicted octanol–water partition coefficient (Wildman–Crippen LogP) is 4.31. The summed E-state index contributed by atoms with van der Waals surface area (Å²) < 4.78 is 0. The molecule has 0 heterocycles. The van der Waals surface area contributed by atoms with E-state index in [1.165, 1.54) is 6.07 Å². The Balaban J connectivity index is 2.41. The van der Waals surface area contributed by atoms with Gasteiger partial charge in [0, 0.05) is 0 Å². The van der Waals surface area contributed by atoms with Crippen LogP contribution in [0.15, 0.2) is 47.1 Å². The Hall–Kier alpha value is -3.11. The molecule has 4 nitrogen and oxygen atoms in total. The molecule has 0 saturated heterocycles. The van der Waals surface area contributed by atoms with E-state index in [1.807, 2.05) is 30.4 Å². The van der Waals surface area contributed by atoms with Crippen LogP contribution in [0.3, 0.4) is 0 Å². The molecule has 1 N–H and O–H groups in total. The smallest absolute Gasteiger partial charge is 0.153 e. The fourth-order valence-corrected chi connectivity index (χ4v) is 2.68. The number of phenolic OH excluding ortho intramolecular Hbond substituents is 1. The van der Waals surface area contributed by atoms with E-state index in [0.717, 1.165) is 23.1 Å². The van der Waals surface area contributed by atoms with Crippen molar-refractivity contribution in [3.05, 3.63) is 58.2 Å². The van der Waals surface area contributed by atoms with Gasteiger partial charge in [-0.15, -0.1) is 0 Å². The second kappa shape index (κ2) is 6.98. The van der Waals surface area contributed by atoms with Crippen LogP contribution in [0.5, 0.6) is 5.75 Å². The summed E-state index contributed by atoms with van der Waals surface area (Å²) in [4.78, 5) is 10.9. The molecule has 0 aromatic heterocycles. The Bertz CT molecular complexity index is 827. The average molecular weight is 318 g/mol. The van der Waals surface area contributed by atoms with Crippen molar-refractivity contribution in [3.8, 4) is 17.9 Å². The van der Waals surface area contributed by atoms with Crippen molar-refractivity contribution in [2.24, 2.45) is 5.41 Å².